The van der Waals surface area contributed by atoms with Gasteiger partial charge in [0.05, 0.1) is 22.5 Å². The Bertz CT molecular complexity index is 2500. The third-order valence-electron chi connectivity index (χ3n) is 10.9. The van der Waals surface area contributed by atoms with Crippen molar-refractivity contribution in [3.05, 3.63) is 234 Å². The second kappa shape index (κ2) is 12.3. The van der Waals surface area contributed by atoms with E-state index in [-0.39, 0.29) is 0 Å². The van der Waals surface area contributed by atoms with Gasteiger partial charge in [-0.05, 0) is 68.3 Å². The highest BCUT2D eigenvalue weighted by molar-refractivity contribution is 6.02. The summed E-state index contributed by atoms with van der Waals surface area (Å²) in [6.07, 6.45) is 4.60. The molecule has 0 aromatic heterocycles. The molecule has 10 rings (SSSR count). The van der Waals surface area contributed by atoms with E-state index >= 15 is 0 Å². The Morgan fingerprint density at radius 3 is 1.25 bits per heavy atom. The van der Waals surface area contributed by atoms with Crippen molar-refractivity contribution in [1.29, 1.82) is 0 Å². The second-order valence-corrected chi connectivity index (χ2v) is 13.6. The Hall–Kier alpha value is -6.70. The molecule has 0 radical (unpaired) electrons. The molecule has 0 N–H and O–H groups in total. The number of hydrogen-bond donors (Lipinski definition) is 0. The highest BCUT2D eigenvalue weighted by Gasteiger charge is 2.49. The molecular formula is C51H35N. The molecule has 8 aromatic rings. The number of nitrogens with zero attached hydrogens (tertiary/aromatic N) is 1. The summed E-state index contributed by atoms with van der Waals surface area (Å²) >= 11 is 0. The van der Waals surface area contributed by atoms with Crippen LogP contribution in [-0.4, -0.2) is 0 Å². The summed E-state index contributed by atoms with van der Waals surface area (Å²) < 4.78 is 0. The van der Waals surface area contributed by atoms with Gasteiger partial charge in [-0.25, -0.2) is 0 Å². The number of fused-ring (bicyclic) bond motifs is 9. The highest BCUT2D eigenvalue weighted by Crippen LogP contribution is 2.61. The summed E-state index contributed by atoms with van der Waals surface area (Å²) in [4.78, 5) is 2.52. The fraction of sp³-hybridized carbons (Fsp3) is 0.0196. The summed E-state index contributed by atoms with van der Waals surface area (Å²) in [5.41, 5.74) is 17.9. The van der Waals surface area contributed by atoms with Crippen molar-refractivity contribution in [1.82, 2.24) is 0 Å². The van der Waals surface area contributed by atoms with Crippen LogP contribution in [0, 0.1) is 0 Å². The van der Waals surface area contributed by atoms with Crippen molar-refractivity contribution < 1.29 is 0 Å². The van der Waals surface area contributed by atoms with Gasteiger partial charge < -0.3 is 4.90 Å². The van der Waals surface area contributed by atoms with Crippen LogP contribution >= 0.6 is 0 Å². The van der Waals surface area contributed by atoms with Crippen molar-refractivity contribution in [3.8, 4) is 33.4 Å². The first-order valence-corrected chi connectivity index (χ1v) is 18.0. The minimum atomic E-state index is -0.512. The standard InChI is InChI=1S/C51H35N/c1-3-18-36(19-4-1)40-24-10-15-31-47(40)52(48-32-16-11-25-41(48)37-20-5-2-6-21-37)49-33-17-30-46-50(49)42-26-9-14-29-45(42)51(46)43-27-12-7-22-38(43)34-35-39-23-8-13-28-44(39)51/h1-35H. The van der Waals surface area contributed by atoms with Crippen molar-refractivity contribution in [2.75, 3.05) is 4.90 Å². The number of benzene rings is 8. The zero-order chi connectivity index (χ0) is 34.5. The van der Waals surface area contributed by atoms with E-state index in [2.05, 4.69) is 217 Å². The van der Waals surface area contributed by atoms with Crippen molar-refractivity contribution >= 4 is 29.2 Å². The van der Waals surface area contributed by atoms with Crippen molar-refractivity contribution in [2.45, 2.75) is 5.41 Å². The molecule has 0 saturated carbocycles. The normalized spacial score (nSPS) is 13.1. The number of hydrogen-bond acceptors (Lipinski definition) is 1. The van der Waals surface area contributed by atoms with Gasteiger partial charge in [-0.2, -0.15) is 0 Å². The average molecular weight is 662 g/mol. The Labute approximate surface area is 305 Å². The van der Waals surface area contributed by atoms with Gasteiger partial charge in [0.2, 0.25) is 0 Å². The van der Waals surface area contributed by atoms with Crippen LogP contribution in [0.1, 0.15) is 33.4 Å². The molecule has 0 aliphatic heterocycles. The van der Waals surface area contributed by atoms with E-state index in [1.807, 2.05) is 0 Å². The largest absolute Gasteiger partial charge is 0.309 e. The molecule has 0 bridgehead atoms. The predicted molar refractivity (Wildman–Crippen MR) is 218 cm³/mol. The maximum absolute atomic E-state index is 2.52. The maximum atomic E-state index is 2.52. The van der Waals surface area contributed by atoms with Crippen LogP contribution in [0.3, 0.4) is 0 Å². The Morgan fingerprint density at radius 2 is 0.692 bits per heavy atom. The number of anilines is 3. The smallest absolute Gasteiger partial charge is 0.0725 e. The SMILES string of the molecule is C1=Cc2ccccc2C2(c3ccccc31)c1ccccc1-c1c(N(c3ccccc3-c3ccccc3)c3ccccc3-c3ccccc3)cccc12. The molecule has 2 aliphatic carbocycles. The first kappa shape index (κ1) is 30.2. The molecule has 0 saturated heterocycles. The van der Waals surface area contributed by atoms with Crippen molar-refractivity contribution in [2.24, 2.45) is 0 Å². The lowest BCUT2D eigenvalue weighted by Crippen LogP contribution is -2.30. The van der Waals surface area contributed by atoms with E-state index in [9.17, 15) is 0 Å². The molecule has 8 aromatic carbocycles. The summed E-state index contributed by atoms with van der Waals surface area (Å²) in [5, 5.41) is 0. The Kier molecular flexibility index (Phi) is 7.11. The summed E-state index contributed by atoms with van der Waals surface area (Å²) in [6, 6.07) is 73.3. The molecule has 244 valence electrons. The molecule has 1 nitrogen and oxygen atoms in total. The number of para-hydroxylation sites is 2. The highest BCUT2D eigenvalue weighted by atomic mass is 15.2. The topological polar surface area (TPSA) is 3.24 Å². The molecule has 1 heteroatoms. The second-order valence-electron chi connectivity index (χ2n) is 13.6. The van der Waals surface area contributed by atoms with Crippen LogP contribution in [-0.2, 0) is 5.41 Å². The number of rotatable bonds is 5. The van der Waals surface area contributed by atoms with Gasteiger partial charge in [0, 0.05) is 16.7 Å². The lowest BCUT2D eigenvalue weighted by Gasteiger charge is -2.36. The van der Waals surface area contributed by atoms with E-state index in [1.165, 1.54) is 66.8 Å². The summed E-state index contributed by atoms with van der Waals surface area (Å²) in [6.45, 7) is 0. The first-order chi connectivity index (χ1) is 25.8. The van der Waals surface area contributed by atoms with E-state index in [0.29, 0.717) is 0 Å². The van der Waals surface area contributed by atoms with Gasteiger partial charge in [0.1, 0.15) is 0 Å². The van der Waals surface area contributed by atoms with Crippen molar-refractivity contribution in [3.63, 3.8) is 0 Å². The molecule has 0 fully saturated rings. The fourth-order valence-corrected chi connectivity index (χ4v) is 8.82. The molecule has 52 heavy (non-hydrogen) atoms. The Balaban J connectivity index is 1.34. The Morgan fingerprint density at radius 1 is 0.288 bits per heavy atom. The van der Waals surface area contributed by atoms with Crippen LogP contribution in [0.15, 0.2) is 200 Å². The van der Waals surface area contributed by atoms with E-state index in [4.69, 9.17) is 0 Å². The van der Waals surface area contributed by atoms with Gasteiger partial charge in [-0.15, -0.1) is 0 Å². The van der Waals surface area contributed by atoms with Crippen LogP contribution in [0.25, 0.3) is 45.5 Å². The third-order valence-corrected chi connectivity index (χ3v) is 10.9. The molecule has 2 aliphatic rings. The van der Waals surface area contributed by atoms with Gasteiger partial charge in [0.15, 0.2) is 0 Å². The van der Waals surface area contributed by atoms with Gasteiger partial charge >= 0.3 is 0 Å². The molecule has 1 spiro atoms. The van der Waals surface area contributed by atoms with Gasteiger partial charge in [-0.3, -0.25) is 0 Å². The van der Waals surface area contributed by atoms with E-state index < -0.39 is 5.41 Å². The summed E-state index contributed by atoms with van der Waals surface area (Å²) in [5.74, 6) is 0. The monoisotopic (exact) mass is 661 g/mol. The van der Waals surface area contributed by atoms with Crippen LogP contribution < -0.4 is 4.90 Å². The zero-order valence-electron chi connectivity index (χ0n) is 28.7. The molecule has 0 atom stereocenters. The van der Waals surface area contributed by atoms with E-state index in [0.717, 1.165) is 17.1 Å². The van der Waals surface area contributed by atoms with E-state index in [1.54, 1.807) is 0 Å². The lowest BCUT2D eigenvalue weighted by molar-refractivity contribution is 0.766. The molecular weight excluding hydrogens is 627 g/mol. The molecule has 0 heterocycles. The van der Waals surface area contributed by atoms with Crippen LogP contribution in [0.4, 0.5) is 17.1 Å². The minimum absolute atomic E-state index is 0.512. The minimum Gasteiger partial charge on any atom is -0.309 e. The molecule has 0 amide bonds. The van der Waals surface area contributed by atoms with Crippen LogP contribution in [0.2, 0.25) is 0 Å². The zero-order valence-corrected chi connectivity index (χ0v) is 28.7. The average Bonchev–Trinajstić information content (AvgIpc) is 3.43. The first-order valence-electron chi connectivity index (χ1n) is 18.0. The summed E-state index contributed by atoms with van der Waals surface area (Å²) in [7, 11) is 0. The van der Waals surface area contributed by atoms with Gasteiger partial charge in [-0.1, -0.05) is 194 Å². The quantitative estimate of drug-likeness (QED) is 0.177. The lowest BCUT2D eigenvalue weighted by atomic mass is 9.66. The maximum Gasteiger partial charge on any atom is 0.0725 e. The van der Waals surface area contributed by atoms with Crippen LogP contribution in [0.5, 0.6) is 0 Å². The fourth-order valence-electron chi connectivity index (χ4n) is 8.82. The predicted octanol–water partition coefficient (Wildman–Crippen LogP) is 13.3. The molecule has 0 unspecified atom stereocenters. The third kappa shape index (κ3) is 4.49. The van der Waals surface area contributed by atoms with Gasteiger partial charge in [0.25, 0.3) is 0 Å².